The Morgan fingerprint density at radius 3 is 2.83 bits per heavy atom. The molecule has 12 heavy (non-hydrogen) atoms. The van der Waals surface area contributed by atoms with E-state index in [1.165, 1.54) is 0 Å². The van der Waals surface area contributed by atoms with Gasteiger partial charge in [-0.2, -0.15) is 12.3 Å². The van der Waals surface area contributed by atoms with Gasteiger partial charge < -0.3 is 16.0 Å². The summed E-state index contributed by atoms with van der Waals surface area (Å²) in [6.07, 6.45) is 4.58. The maximum atomic E-state index is 3.99. The van der Waals surface area contributed by atoms with Crippen molar-refractivity contribution < 1.29 is 21.1 Å². The fourth-order valence-electron chi connectivity index (χ4n) is 0.568. The van der Waals surface area contributed by atoms with Gasteiger partial charge in [-0.05, 0) is 0 Å². The fraction of sp³-hybridized carbons (Fsp3) is 0.333. The average Bonchev–Trinajstić information content (AvgIpc) is 2.03. The Balaban J connectivity index is 0.00000121. The molecule has 1 aromatic heterocycles. The Labute approximate surface area is 87.4 Å². The van der Waals surface area contributed by atoms with E-state index >= 15 is 0 Å². The zero-order valence-corrected chi connectivity index (χ0v) is 10.0. The summed E-state index contributed by atoms with van der Waals surface area (Å²) in [5, 5.41) is 0. The van der Waals surface area contributed by atoms with Crippen molar-refractivity contribution in [3.63, 3.8) is 0 Å². The zero-order valence-electron chi connectivity index (χ0n) is 7.11. The van der Waals surface area contributed by atoms with Crippen LogP contribution in [0.2, 0.25) is 0 Å². The monoisotopic (exact) mass is 330 g/mol. The van der Waals surface area contributed by atoms with Crippen molar-refractivity contribution in [1.82, 2.24) is 4.98 Å². The molecule has 0 atom stereocenters. The van der Waals surface area contributed by atoms with Gasteiger partial charge in [-0.3, -0.25) is 0 Å². The largest absolute Gasteiger partial charge is 2.00 e. The van der Waals surface area contributed by atoms with Gasteiger partial charge in [-0.25, -0.2) is 6.07 Å². The van der Waals surface area contributed by atoms with Gasteiger partial charge in [0.05, 0.1) is 0 Å². The third-order valence-electron chi connectivity index (χ3n) is 1.02. The number of nitrogens with zero attached hydrogens (tertiary/aromatic N) is 2. The second kappa shape index (κ2) is 6.07. The van der Waals surface area contributed by atoms with Gasteiger partial charge in [0.15, 0.2) is 0 Å². The van der Waals surface area contributed by atoms with Gasteiger partial charge in [0, 0.05) is 0 Å². The van der Waals surface area contributed by atoms with Gasteiger partial charge in [0.2, 0.25) is 0 Å². The third kappa shape index (κ3) is 4.40. The van der Waals surface area contributed by atoms with Crippen LogP contribution in [0.1, 0.15) is 13.8 Å². The topological polar surface area (TPSA) is 25.2 Å². The van der Waals surface area contributed by atoms with Crippen LogP contribution in [0.4, 0.5) is 5.82 Å². The van der Waals surface area contributed by atoms with E-state index in [0.29, 0.717) is 11.7 Å². The molecule has 0 aromatic carbocycles. The molecule has 0 aliphatic heterocycles. The Kier molecular flexibility index (Phi) is 5.82. The van der Waals surface area contributed by atoms with Crippen LogP contribution >= 0.6 is 0 Å². The van der Waals surface area contributed by atoms with E-state index in [9.17, 15) is 0 Å². The van der Waals surface area contributed by atoms with Gasteiger partial charge >= 0.3 is 21.1 Å². The predicted molar refractivity (Wildman–Crippen MR) is 45.0 cm³/mol. The summed E-state index contributed by atoms with van der Waals surface area (Å²) in [4.78, 5) is 7.96. The first-order valence-corrected chi connectivity index (χ1v) is 3.58. The summed E-state index contributed by atoms with van der Waals surface area (Å²) in [5.41, 5.74) is 0. The predicted octanol–water partition coefficient (Wildman–Crippen LogP) is 2.11. The molecule has 0 aliphatic rings. The summed E-state index contributed by atoms with van der Waals surface area (Å²) in [6.45, 7) is 4.04. The van der Waals surface area contributed by atoms with E-state index in [4.69, 9.17) is 0 Å². The van der Waals surface area contributed by atoms with Crippen molar-refractivity contribution >= 4 is 12.0 Å². The Hall–Kier alpha value is -0.492. The molecule has 0 unspecified atom stereocenters. The van der Waals surface area contributed by atoms with Crippen molar-refractivity contribution in [3.8, 4) is 0 Å². The molecule has 2 nitrogen and oxygen atoms in total. The van der Waals surface area contributed by atoms with Crippen LogP contribution in [-0.2, 0) is 21.1 Å². The minimum Gasteiger partial charge on any atom is -0.457 e. The number of pyridine rings is 1. The molecule has 3 heteroatoms. The Morgan fingerprint density at radius 2 is 2.33 bits per heavy atom. The quantitative estimate of drug-likeness (QED) is 0.602. The van der Waals surface area contributed by atoms with E-state index in [1.54, 1.807) is 12.3 Å². The van der Waals surface area contributed by atoms with Crippen molar-refractivity contribution in [3.05, 3.63) is 24.4 Å². The molecule has 0 N–H and O–H groups in total. The first-order chi connectivity index (χ1) is 5.29. The Bertz CT molecular complexity index is 232. The first-order valence-electron chi connectivity index (χ1n) is 3.58. The van der Waals surface area contributed by atoms with E-state index in [-0.39, 0.29) is 21.1 Å². The molecule has 1 aromatic rings. The van der Waals surface area contributed by atoms with Gasteiger partial charge in [0.1, 0.15) is 0 Å². The van der Waals surface area contributed by atoms with Crippen LogP contribution < -0.4 is 0 Å². The molecule has 0 amide bonds. The standard InChI is InChI=1S/C9H10N2.W/c1-8(2)7-11-9-5-3-4-6-10-9;/h3-4,6,8H,1-2H3;/q-2;+2. The summed E-state index contributed by atoms with van der Waals surface area (Å²) < 4.78 is 0. The van der Waals surface area contributed by atoms with Gasteiger partial charge in [-0.15, -0.1) is 5.82 Å². The zero-order chi connectivity index (χ0) is 8.10. The number of aromatic nitrogens is 1. The van der Waals surface area contributed by atoms with Gasteiger partial charge in [0.25, 0.3) is 0 Å². The number of hydrogen-bond donors (Lipinski definition) is 0. The molecule has 1 rings (SSSR count). The van der Waals surface area contributed by atoms with Crippen LogP contribution in [0.15, 0.2) is 23.3 Å². The average molecular weight is 330 g/mol. The first kappa shape index (κ1) is 11.5. The van der Waals surface area contributed by atoms with Crippen molar-refractivity contribution in [2.24, 2.45) is 10.9 Å². The van der Waals surface area contributed by atoms with E-state index in [0.717, 1.165) is 0 Å². The molecular weight excluding hydrogens is 320 g/mol. The molecule has 0 aliphatic carbocycles. The Morgan fingerprint density at radius 1 is 1.58 bits per heavy atom. The maximum absolute atomic E-state index is 3.99. The van der Waals surface area contributed by atoms with E-state index < -0.39 is 0 Å². The van der Waals surface area contributed by atoms with Crippen molar-refractivity contribution in [2.75, 3.05) is 0 Å². The molecule has 0 saturated carbocycles. The second-order valence-electron chi connectivity index (χ2n) is 2.50. The summed E-state index contributed by atoms with van der Waals surface area (Å²) in [7, 11) is 0. The summed E-state index contributed by atoms with van der Waals surface area (Å²) in [6, 6.07) is 6.48. The smallest absolute Gasteiger partial charge is 0.457 e. The molecule has 62 valence electrons. The summed E-state index contributed by atoms with van der Waals surface area (Å²) >= 11 is 0. The molecule has 1 heterocycles. The third-order valence-corrected chi connectivity index (χ3v) is 1.02. The number of hydrogen-bond acceptors (Lipinski definition) is 2. The normalized spacial score (nSPS) is 10.2. The van der Waals surface area contributed by atoms with Crippen LogP contribution in [0, 0.1) is 12.0 Å². The maximum Gasteiger partial charge on any atom is 2.00 e. The van der Waals surface area contributed by atoms with Crippen molar-refractivity contribution in [1.29, 1.82) is 0 Å². The fourth-order valence-corrected chi connectivity index (χ4v) is 0.568. The molecule has 0 bridgehead atoms. The number of rotatable bonds is 2. The molecule has 0 radical (unpaired) electrons. The second-order valence-corrected chi connectivity index (χ2v) is 2.50. The summed E-state index contributed by atoms with van der Waals surface area (Å²) in [5.74, 6) is 0.937. The van der Waals surface area contributed by atoms with Crippen LogP contribution in [-0.4, -0.2) is 11.2 Å². The minimum absolute atomic E-state index is 0. The molecule has 0 spiro atoms. The van der Waals surface area contributed by atoms with Crippen LogP contribution in [0.5, 0.6) is 0 Å². The van der Waals surface area contributed by atoms with E-state index in [2.05, 4.69) is 22.3 Å². The molecule has 0 fully saturated rings. The van der Waals surface area contributed by atoms with Crippen molar-refractivity contribution in [2.45, 2.75) is 13.8 Å². The minimum atomic E-state index is 0. The van der Waals surface area contributed by atoms with E-state index in [1.807, 2.05) is 19.9 Å². The SMILES string of the molecule is CC(C)[C-]=Nc1[c-]cccn1.[W+2]. The van der Waals surface area contributed by atoms with Gasteiger partial charge in [-0.1, -0.05) is 26.0 Å². The molecule has 0 saturated heterocycles. The van der Waals surface area contributed by atoms with Crippen LogP contribution in [0.25, 0.3) is 0 Å². The molecular formula is C9H10N2W. The van der Waals surface area contributed by atoms with Crippen LogP contribution in [0.3, 0.4) is 0 Å². The number of aliphatic imine (C=N–C) groups is 1.